The number of aromatic amines is 2. The average molecular weight is 612 g/mol. The lowest BCUT2D eigenvalue weighted by molar-refractivity contribution is -0.122. The molecule has 1 aliphatic carbocycles. The number of pyridine rings is 3. The van der Waals surface area contributed by atoms with Gasteiger partial charge in [0.1, 0.15) is 11.5 Å². The second kappa shape index (κ2) is 10.9. The molecule has 4 N–H and O–H groups in total. The van der Waals surface area contributed by atoms with E-state index in [0.717, 1.165) is 36.6 Å². The van der Waals surface area contributed by atoms with E-state index in [1.54, 1.807) is 37.1 Å². The van der Waals surface area contributed by atoms with E-state index in [1.807, 2.05) is 12.1 Å². The Morgan fingerprint density at radius 3 is 2.61 bits per heavy atom. The summed E-state index contributed by atoms with van der Waals surface area (Å²) in [6, 6.07) is 8.12. The van der Waals surface area contributed by atoms with E-state index in [-0.39, 0.29) is 18.4 Å². The third-order valence-electron chi connectivity index (χ3n) is 7.66. The molecule has 7 rings (SSSR count). The molecule has 0 saturated heterocycles. The molecule has 1 saturated carbocycles. The number of H-pyrrole nitrogens is 2. The number of sulfonamides is 1. The number of carbonyl (C=O) groups is 1. The molecule has 5 heterocycles. The van der Waals surface area contributed by atoms with E-state index in [2.05, 4.69) is 40.2 Å². The van der Waals surface area contributed by atoms with Crippen LogP contribution in [0.4, 0.5) is 10.1 Å². The molecule has 44 heavy (non-hydrogen) atoms. The Kier molecular flexibility index (Phi) is 6.86. The first-order valence-corrected chi connectivity index (χ1v) is 15.8. The molecule has 12 nitrogen and oxygen atoms in total. The summed E-state index contributed by atoms with van der Waals surface area (Å²) in [4.78, 5) is 33.7. The van der Waals surface area contributed by atoms with E-state index in [0.29, 0.717) is 56.0 Å². The monoisotopic (exact) mass is 611 g/mol. The molecule has 1 aromatic carbocycles. The highest BCUT2D eigenvalue weighted by Gasteiger charge is 2.25. The summed E-state index contributed by atoms with van der Waals surface area (Å²) in [6.07, 6.45) is 12.2. The summed E-state index contributed by atoms with van der Waals surface area (Å²) in [5.74, 6) is 0.0114. The number of carbonyl (C=O) groups excluding carboxylic acids is 1. The van der Waals surface area contributed by atoms with Gasteiger partial charge < -0.3 is 10.3 Å². The van der Waals surface area contributed by atoms with Crippen LogP contribution < -0.4 is 10.0 Å². The number of hydrogen-bond acceptors (Lipinski definition) is 8. The minimum absolute atomic E-state index is 0.0136. The smallest absolute Gasteiger partial charge is 0.227 e. The lowest BCUT2D eigenvalue weighted by Crippen LogP contribution is -2.28. The maximum absolute atomic E-state index is 14.6. The van der Waals surface area contributed by atoms with Crippen LogP contribution in [0.1, 0.15) is 24.8 Å². The van der Waals surface area contributed by atoms with Crippen molar-refractivity contribution in [2.24, 2.45) is 5.92 Å². The number of rotatable bonds is 8. The molecule has 5 aromatic heterocycles. The highest BCUT2D eigenvalue weighted by atomic mass is 32.2. The zero-order chi connectivity index (χ0) is 30.4. The summed E-state index contributed by atoms with van der Waals surface area (Å²) in [7, 11) is -3.45. The molecule has 1 amide bonds. The van der Waals surface area contributed by atoms with Crippen molar-refractivity contribution >= 4 is 43.7 Å². The molecule has 0 atom stereocenters. The SMILES string of the molecule is CS(=O)(=O)NCc1cc(F)cc(-c2cncc3[nH]c(-c4n[nH]c5ncc(-c6cncc(NC(=O)C7CCC7)c6)cc45)nc23)c1. The highest BCUT2D eigenvalue weighted by Crippen LogP contribution is 2.33. The second-order valence-electron chi connectivity index (χ2n) is 10.9. The molecular weight excluding hydrogens is 585 g/mol. The maximum Gasteiger partial charge on any atom is 0.227 e. The summed E-state index contributed by atoms with van der Waals surface area (Å²) in [5, 5.41) is 11.1. The first kappa shape index (κ1) is 27.7. The van der Waals surface area contributed by atoms with Gasteiger partial charge in [0.15, 0.2) is 11.5 Å². The number of amides is 1. The van der Waals surface area contributed by atoms with Crippen molar-refractivity contribution in [1.82, 2.24) is 39.8 Å². The molecular formula is C30H26FN9O3S. The first-order chi connectivity index (χ1) is 21.2. The number of imidazole rings is 1. The summed E-state index contributed by atoms with van der Waals surface area (Å²) < 4.78 is 40.1. The van der Waals surface area contributed by atoms with Gasteiger partial charge in [-0.3, -0.25) is 19.9 Å². The van der Waals surface area contributed by atoms with Gasteiger partial charge >= 0.3 is 0 Å². The molecule has 222 valence electrons. The number of halogens is 1. The van der Waals surface area contributed by atoms with E-state index in [1.165, 1.54) is 12.1 Å². The zero-order valence-corrected chi connectivity index (χ0v) is 24.2. The fraction of sp³-hybridized carbons (Fsp3) is 0.200. The average Bonchev–Trinajstić information content (AvgIpc) is 3.58. The molecule has 1 aliphatic rings. The van der Waals surface area contributed by atoms with Crippen molar-refractivity contribution in [3.05, 3.63) is 72.7 Å². The van der Waals surface area contributed by atoms with Gasteiger partial charge in [0.05, 0.1) is 40.8 Å². The number of anilines is 1. The molecule has 1 fully saturated rings. The van der Waals surface area contributed by atoms with Crippen LogP contribution in [-0.2, 0) is 21.4 Å². The van der Waals surface area contributed by atoms with E-state index in [4.69, 9.17) is 4.98 Å². The largest absolute Gasteiger partial charge is 0.335 e. The van der Waals surface area contributed by atoms with Crippen molar-refractivity contribution in [2.45, 2.75) is 25.8 Å². The quantitative estimate of drug-likeness (QED) is 0.194. The van der Waals surface area contributed by atoms with Gasteiger partial charge in [-0.1, -0.05) is 6.42 Å². The lowest BCUT2D eigenvalue weighted by Gasteiger charge is -2.24. The standard InChI is InChI=1S/C30H26FN9O3S/c1-44(42,43)35-10-16-5-18(7-21(31)6-16)24-14-33-15-25-26(24)38-29(37-25)27-23-9-20(12-34-28(23)40-39-27)19-8-22(13-32-11-19)36-30(41)17-3-2-4-17/h5-9,11-15,17,35H,2-4,10H2,1H3,(H,36,41)(H,37,38)(H,34,39,40). The van der Waals surface area contributed by atoms with Crippen LogP contribution in [0, 0.1) is 11.7 Å². The summed E-state index contributed by atoms with van der Waals surface area (Å²) in [6.45, 7) is -0.0568. The number of nitrogens with one attached hydrogen (secondary N) is 4. The Morgan fingerprint density at radius 2 is 1.82 bits per heavy atom. The van der Waals surface area contributed by atoms with Crippen LogP contribution in [0.5, 0.6) is 0 Å². The Labute approximate surface area is 250 Å². The maximum atomic E-state index is 14.6. The number of hydrogen-bond donors (Lipinski definition) is 4. The minimum atomic E-state index is -3.45. The molecule has 0 aliphatic heterocycles. The van der Waals surface area contributed by atoms with Crippen LogP contribution in [0.3, 0.4) is 0 Å². The van der Waals surface area contributed by atoms with E-state index in [9.17, 15) is 17.6 Å². The van der Waals surface area contributed by atoms with E-state index < -0.39 is 15.8 Å². The van der Waals surface area contributed by atoms with Gasteiger partial charge in [-0.2, -0.15) is 5.10 Å². The third kappa shape index (κ3) is 5.52. The zero-order valence-electron chi connectivity index (χ0n) is 23.4. The van der Waals surface area contributed by atoms with Gasteiger partial charge in [-0.25, -0.2) is 27.5 Å². The highest BCUT2D eigenvalue weighted by molar-refractivity contribution is 7.88. The van der Waals surface area contributed by atoms with Gasteiger partial charge in [0.2, 0.25) is 15.9 Å². The molecule has 0 spiro atoms. The summed E-state index contributed by atoms with van der Waals surface area (Å²) >= 11 is 0. The fourth-order valence-electron chi connectivity index (χ4n) is 5.20. The molecule has 0 bridgehead atoms. The van der Waals surface area contributed by atoms with Crippen molar-refractivity contribution in [3.63, 3.8) is 0 Å². The van der Waals surface area contributed by atoms with Crippen LogP contribution in [-0.4, -0.2) is 55.7 Å². The topological polar surface area (TPSA) is 171 Å². The van der Waals surface area contributed by atoms with Gasteiger partial charge in [-0.15, -0.1) is 0 Å². The van der Waals surface area contributed by atoms with E-state index >= 15 is 0 Å². The summed E-state index contributed by atoms with van der Waals surface area (Å²) in [5.41, 5.74) is 5.93. The number of aromatic nitrogens is 7. The van der Waals surface area contributed by atoms with Crippen LogP contribution >= 0.6 is 0 Å². The Bertz CT molecular complexity index is 2170. The van der Waals surface area contributed by atoms with Crippen molar-refractivity contribution in [1.29, 1.82) is 0 Å². The van der Waals surface area contributed by atoms with Crippen LogP contribution in [0.15, 0.2) is 61.3 Å². The predicted molar refractivity (Wildman–Crippen MR) is 163 cm³/mol. The third-order valence-corrected chi connectivity index (χ3v) is 8.33. The van der Waals surface area contributed by atoms with Crippen LogP contribution in [0.2, 0.25) is 0 Å². The van der Waals surface area contributed by atoms with Crippen molar-refractivity contribution in [2.75, 3.05) is 11.6 Å². The fourth-order valence-corrected chi connectivity index (χ4v) is 5.63. The molecule has 14 heteroatoms. The normalized spacial score (nSPS) is 13.8. The van der Waals surface area contributed by atoms with Gasteiger partial charge in [0, 0.05) is 47.7 Å². The second-order valence-corrected chi connectivity index (χ2v) is 12.7. The van der Waals surface area contributed by atoms with Gasteiger partial charge in [-0.05, 0) is 54.3 Å². The Balaban J connectivity index is 1.23. The molecule has 0 unspecified atom stereocenters. The first-order valence-electron chi connectivity index (χ1n) is 13.9. The number of benzene rings is 1. The van der Waals surface area contributed by atoms with Gasteiger partial charge in [0.25, 0.3) is 0 Å². The predicted octanol–water partition coefficient (Wildman–Crippen LogP) is 4.55. The number of fused-ring (bicyclic) bond motifs is 2. The Hall–Kier alpha value is -5.08. The molecule has 0 radical (unpaired) electrons. The lowest BCUT2D eigenvalue weighted by atomic mass is 9.85. The molecule has 6 aromatic rings. The Morgan fingerprint density at radius 1 is 1.00 bits per heavy atom. The van der Waals surface area contributed by atoms with Crippen molar-refractivity contribution in [3.8, 4) is 33.8 Å². The van der Waals surface area contributed by atoms with Crippen LogP contribution in [0.25, 0.3) is 55.8 Å². The number of nitrogens with zero attached hydrogens (tertiary/aromatic N) is 5. The van der Waals surface area contributed by atoms with Crippen molar-refractivity contribution < 1.29 is 17.6 Å². The minimum Gasteiger partial charge on any atom is -0.335 e.